The second kappa shape index (κ2) is 41.5. The molecule has 2 unspecified atom stereocenters. The van der Waals surface area contributed by atoms with Crippen LogP contribution in [0.1, 0.15) is 240 Å². The van der Waals surface area contributed by atoms with Gasteiger partial charge in [-0.15, -0.1) is 0 Å². The number of hydrogen-bond acceptors (Lipinski definition) is 7. The highest BCUT2D eigenvalue weighted by atomic mass is 16.6. The lowest BCUT2D eigenvalue weighted by Gasteiger charge is -2.32. The first-order valence-electron chi connectivity index (χ1n) is 25.4. The Morgan fingerprint density at radius 1 is 0.526 bits per heavy atom. The van der Waals surface area contributed by atoms with Gasteiger partial charge in [0.05, 0.1) is 13.2 Å². The van der Waals surface area contributed by atoms with Crippen molar-refractivity contribution in [2.24, 2.45) is 5.92 Å². The maximum Gasteiger partial charge on any atom is 0.306 e. The second-order valence-electron chi connectivity index (χ2n) is 17.8. The molecule has 57 heavy (non-hydrogen) atoms. The van der Waals surface area contributed by atoms with Gasteiger partial charge in [0.15, 0.2) is 0 Å². The molecule has 338 valence electrons. The molecule has 1 heterocycles. The Hall–Kier alpha value is -1.18. The van der Waals surface area contributed by atoms with Gasteiger partial charge >= 0.3 is 11.9 Å². The summed E-state index contributed by atoms with van der Waals surface area (Å²) in [7, 11) is 0. The predicted molar refractivity (Wildman–Crippen MR) is 243 cm³/mol. The topological polar surface area (TPSA) is 68.3 Å². The van der Waals surface area contributed by atoms with Crippen LogP contribution >= 0.6 is 0 Å². The molecule has 7 heteroatoms. The number of carbonyl (C=O) groups is 2. The summed E-state index contributed by atoms with van der Waals surface area (Å²) in [4.78, 5) is 30.9. The minimum absolute atomic E-state index is 0.0203. The molecule has 7 nitrogen and oxygen atoms in total. The fourth-order valence-corrected chi connectivity index (χ4v) is 8.29. The van der Waals surface area contributed by atoms with E-state index in [-0.39, 0.29) is 18.0 Å². The van der Waals surface area contributed by atoms with Crippen molar-refractivity contribution in [2.45, 2.75) is 246 Å². The average Bonchev–Trinajstić information content (AvgIpc) is 3.22. The summed E-state index contributed by atoms with van der Waals surface area (Å²) in [5.74, 6) is 0.409. The van der Waals surface area contributed by atoms with E-state index in [2.05, 4.69) is 37.5 Å². The van der Waals surface area contributed by atoms with Crippen LogP contribution in [0, 0.1) is 5.92 Å². The maximum atomic E-state index is 12.9. The first kappa shape index (κ1) is 53.8. The van der Waals surface area contributed by atoms with Crippen LogP contribution in [0.4, 0.5) is 0 Å². The summed E-state index contributed by atoms with van der Waals surface area (Å²) >= 11 is 0. The summed E-state index contributed by atoms with van der Waals surface area (Å²) in [5, 5.41) is 0. The minimum atomic E-state index is -0.246. The average molecular weight is 807 g/mol. The fraction of sp³-hybridized carbons (Fsp3) is 0.960. The van der Waals surface area contributed by atoms with Gasteiger partial charge in [-0.25, -0.2) is 0 Å². The van der Waals surface area contributed by atoms with Gasteiger partial charge in [-0.3, -0.25) is 14.5 Å². The molecular formula is C50H98N2O5. The van der Waals surface area contributed by atoms with E-state index in [0.717, 1.165) is 71.2 Å². The molecule has 2 atom stereocenters. The highest BCUT2D eigenvalue weighted by Gasteiger charge is 2.21. The van der Waals surface area contributed by atoms with E-state index in [9.17, 15) is 9.59 Å². The first-order valence-corrected chi connectivity index (χ1v) is 25.4. The van der Waals surface area contributed by atoms with Crippen molar-refractivity contribution in [3.8, 4) is 0 Å². The number of esters is 2. The van der Waals surface area contributed by atoms with Gasteiger partial charge in [-0.05, 0) is 76.9 Å². The molecule has 1 fully saturated rings. The number of hydrogen-bond donors (Lipinski definition) is 0. The lowest BCUT2D eigenvalue weighted by atomic mass is 9.95. The van der Waals surface area contributed by atoms with Crippen molar-refractivity contribution >= 4 is 11.9 Å². The van der Waals surface area contributed by atoms with Gasteiger partial charge in [-0.2, -0.15) is 0 Å². The highest BCUT2D eigenvalue weighted by Crippen LogP contribution is 2.20. The SMILES string of the molecule is CCCCCCCCCCCCOCC(CN(CCCCCC(=O)OCC(CCCCCC)CCCCCCCC)CCN1CCCCC1)OC(=O)CCCCC. The van der Waals surface area contributed by atoms with Gasteiger partial charge in [0.2, 0.25) is 0 Å². The van der Waals surface area contributed by atoms with Crippen LogP contribution in [0.5, 0.6) is 0 Å². The molecule has 0 aromatic rings. The zero-order valence-electron chi connectivity index (χ0n) is 38.8. The Labute approximate surface area is 355 Å². The smallest absolute Gasteiger partial charge is 0.306 e. The Morgan fingerprint density at radius 3 is 1.63 bits per heavy atom. The molecule has 1 rings (SSSR count). The third-order valence-corrected chi connectivity index (χ3v) is 12.1. The zero-order valence-corrected chi connectivity index (χ0v) is 38.8. The molecule has 0 saturated carbocycles. The van der Waals surface area contributed by atoms with E-state index >= 15 is 0 Å². The van der Waals surface area contributed by atoms with Gasteiger partial charge in [0, 0.05) is 39.1 Å². The summed E-state index contributed by atoms with van der Waals surface area (Å²) < 4.78 is 18.2. The summed E-state index contributed by atoms with van der Waals surface area (Å²) in [6.07, 6.45) is 39.1. The number of piperidine rings is 1. The molecule has 0 amide bonds. The van der Waals surface area contributed by atoms with Crippen LogP contribution in [0.2, 0.25) is 0 Å². The number of rotatable bonds is 43. The van der Waals surface area contributed by atoms with Crippen molar-refractivity contribution in [1.82, 2.24) is 9.80 Å². The van der Waals surface area contributed by atoms with Crippen LogP contribution in [0.3, 0.4) is 0 Å². The largest absolute Gasteiger partial charge is 0.465 e. The van der Waals surface area contributed by atoms with E-state index in [4.69, 9.17) is 14.2 Å². The van der Waals surface area contributed by atoms with E-state index in [1.54, 1.807) is 0 Å². The molecule has 0 aliphatic carbocycles. The van der Waals surface area contributed by atoms with Crippen molar-refractivity contribution in [3.05, 3.63) is 0 Å². The lowest BCUT2D eigenvalue weighted by Crippen LogP contribution is -2.43. The van der Waals surface area contributed by atoms with Crippen LogP contribution in [-0.2, 0) is 23.8 Å². The normalized spacial score (nSPS) is 14.6. The number of nitrogens with zero attached hydrogens (tertiary/aromatic N) is 2. The third kappa shape index (κ3) is 35.3. The highest BCUT2D eigenvalue weighted by molar-refractivity contribution is 5.69. The molecule has 0 aromatic carbocycles. The zero-order chi connectivity index (χ0) is 41.3. The van der Waals surface area contributed by atoms with Crippen LogP contribution in [0.25, 0.3) is 0 Å². The lowest BCUT2D eigenvalue weighted by molar-refractivity contribution is -0.153. The Morgan fingerprint density at radius 2 is 1.02 bits per heavy atom. The fourth-order valence-electron chi connectivity index (χ4n) is 8.29. The number of carbonyl (C=O) groups excluding carboxylic acids is 2. The predicted octanol–water partition coefficient (Wildman–Crippen LogP) is 13.6. The second-order valence-corrected chi connectivity index (χ2v) is 17.8. The Balaban J connectivity index is 2.60. The summed E-state index contributed by atoms with van der Waals surface area (Å²) in [5.41, 5.74) is 0. The molecule has 0 spiro atoms. The molecule has 0 radical (unpaired) electrons. The first-order chi connectivity index (χ1) is 28.0. The third-order valence-electron chi connectivity index (χ3n) is 12.1. The molecule has 0 aromatic heterocycles. The molecule has 0 bridgehead atoms. The van der Waals surface area contributed by atoms with E-state index in [1.165, 1.54) is 167 Å². The van der Waals surface area contributed by atoms with Crippen molar-refractivity contribution in [1.29, 1.82) is 0 Å². The Kier molecular flexibility index (Phi) is 39.2. The minimum Gasteiger partial charge on any atom is -0.465 e. The quantitative estimate of drug-likeness (QED) is 0.0449. The van der Waals surface area contributed by atoms with E-state index in [0.29, 0.717) is 38.5 Å². The van der Waals surface area contributed by atoms with E-state index < -0.39 is 0 Å². The van der Waals surface area contributed by atoms with Gasteiger partial charge < -0.3 is 19.1 Å². The van der Waals surface area contributed by atoms with Crippen molar-refractivity contribution in [3.63, 3.8) is 0 Å². The van der Waals surface area contributed by atoms with Crippen LogP contribution < -0.4 is 0 Å². The van der Waals surface area contributed by atoms with Crippen molar-refractivity contribution < 1.29 is 23.8 Å². The molecule has 1 saturated heterocycles. The number of unbranched alkanes of at least 4 members (excludes halogenated alkanes) is 21. The van der Waals surface area contributed by atoms with Gasteiger partial charge in [-0.1, -0.05) is 175 Å². The summed E-state index contributed by atoms with van der Waals surface area (Å²) in [6.45, 7) is 16.9. The van der Waals surface area contributed by atoms with Gasteiger partial charge in [0.1, 0.15) is 6.10 Å². The van der Waals surface area contributed by atoms with Crippen LogP contribution in [-0.4, -0.2) is 86.9 Å². The molecular weight excluding hydrogens is 709 g/mol. The maximum absolute atomic E-state index is 12.9. The molecule has 0 N–H and O–H groups in total. The molecule has 1 aliphatic heterocycles. The standard InChI is InChI=1S/C50H98N2O5/c1-5-9-13-16-18-19-20-21-23-33-43-55-46-48(57-50(54)37-26-12-8-4)44-52(42-41-51-38-31-25-32-39-51)40-30-24-29-36-49(53)56-45-47(34-27-15-11-7-3)35-28-22-17-14-10-6-2/h47-48H,5-46H2,1-4H3. The summed E-state index contributed by atoms with van der Waals surface area (Å²) in [6, 6.07) is 0. The van der Waals surface area contributed by atoms with Crippen LogP contribution in [0.15, 0.2) is 0 Å². The van der Waals surface area contributed by atoms with E-state index in [1.807, 2.05) is 0 Å². The number of ether oxygens (including phenoxy) is 3. The number of likely N-dealkylation sites (tertiary alicyclic amines) is 1. The van der Waals surface area contributed by atoms with Crippen molar-refractivity contribution in [2.75, 3.05) is 59.1 Å². The monoisotopic (exact) mass is 807 g/mol. The molecule has 1 aliphatic rings. The Bertz CT molecular complexity index is 866. The van der Waals surface area contributed by atoms with Gasteiger partial charge in [0.25, 0.3) is 0 Å².